The van der Waals surface area contributed by atoms with Gasteiger partial charge in [0.15, 0.2) is 0 Å². The molecular weight excluding hydrogens is 330 g/mol. The second-order valence-electron chi connectivity index (χ2n) is 6.92. The normalized spacial score (nSPS) is 11.7. The van der Waals surface area contributed by atoms with E-state index in [9.17, 15) is 0 Å². The van der Waals surface area contributed by atoms with E-state index in [-0.39, 0.29) is 0 Å². The Balaban J connectivity index is 1.90. The molecule has 1 heterocycles. The minimum Gasteiger partial charge on any atom is -0.497 e. The van der Waals surface area contributed by atoms with Crippen LogP contribution < -0.4 is 4.74 Å². The first-order valence-electron chi connectivity index (χ1n) is 9.15. The van der Waals surface area contributed by atoms with Gasteiger partial charge in [-0.3, -0.25) is 0 Å². The summed E-state index contributed by atoms with van der Waals surface area (Å²) in [6, 6.07) is 25.7. The summed E-state index contributed by atoms with van der Waals surface area (Å²) in [6.07, 6.45) is 4.37. The molecule has 0 saturated heterocycles. The van der Waals surface area contributed by atoms with Crippen LogP contribution in [0.15, 0.2) is 79.0 Å². The van der Waals surface area contributed by atoms with Gasteiger partial charge in [-0.1, -0.05) is 59.7 Å². The first-order chi connectivity index (χ1) is 13.1. The molecule has 0 unspecified atom stereocenters. The van der Waals surface area contributed by atoms with Gasteiger partial charge in [-0.15, -0.1) is 0 Å². The summed E-state index contributed by atoms with van der Waals surface area (Å²) in [5.41, 5.74) is 7.22. The molecule has 0 radical (unpaired) electrons. The Kier molecular flexibility index (Phi) is 4.55. The predicted molar refractivity (Wildman–Crippen MR) is 114 cm³/mol. The Morgan fingerprint density at radius 1 is 0.815 bits per heavy atom. The summed E-state index contributed by atoms with van der Waals surface area (Å²) in [5.74, 6) is 0.875. The lowest BCUT2D eigenvalue weighted by atomic mass is 10.1. The van der Waals surface area contributed by atoms with Crippen LogP contribution in [0.5, 0.6) is 5.75 Å². The van der Waals surface area contributed by atoms with Gasteiger partial charge < -0.3 is 9.30 Å². The molecule has 4 rings (SSSR count). The Bertz CT molecular complexity index is 1100. The van der Waals surface area contributed by atoms with Gasteiger partial charge in [0, 0.05) is 11.6 Å². The van der Waals surface area contributed by atoms with Crippen molar-refractivity contribution < 1.29 is 4.74 Å². The first-order valence-corrected chi connectivity index (χ1v) is 9.15. The lowest BCUT2D eigenvalue weighted by molar-refractivity contribution is 0.415. The van der Waals surface area contributed by atoms with Crippen LogP contribution in [0, 0.1) is 13.8 Å². The minimum absolute atomic E-state index is 0.875. The largest absolute Gasteiger partial charge is 0.497 e. The van der Waals surface area contributed by atoms with Crippen molar-refractivity contribution >= 4 is 22.7 Å². The summed E-state index contributed by atoms with van der Waals surface area (Å²) in [7, 11) is 1.70. The fraction of sp³-hybridized carbons (Fsp3) is 0.120. The molecule has 0 spiro atoms. The fourth-order valence-electron chi connectivity index (χ4n) is 3.29. The molecule has 0 amide bonds. The van der Waals surface area contributed by atoms with E-state index in [4.69, 9.17) is 4.74 Å². The van der Waals surface area contributed by atoms with Crippen LogP contribution in [0.3, 0.4) is 0 Å². The third-order valence-electron chi connectivity index (χ3n) is 4.89. The lowest BCUT2D eigenvalue weighted by Crippen LogP contribution is -1.98. The Morgan fingerprint density at radius 2 is 1.48 bits per heavy atom. The van der Waals surface area contributed by atoms with Crippen LogP contribution >= 0.6 is 0 Å². The van der Waals surface area contributed by atoms with E-state index in [1.54, 1.807) is 7.11 Å². The van der Waals surface area contributed by atoms with Gasteiger partial charge in [0.1, 0.15) is 5.75 Å². The second-order valence-corrected chi connectivity index (χ2v) is 6.92. The highest BCUT2D eigenvalue weighted by atomic mass is 16.5. The van der Waals surface area contributed by atoms with Gasteiger partial charge in [-0.25, -0.2) is 0 Å². The third kappa shape index (κ3) is 3.52. The summed E-state index contributed by atoms with van der Waals surface area (Å²) in [5, 5.41) is 1.16. The molecule has 4 aromatic rings. The van der Waals surface area contributed by atoms with Crippen LogP contribution in [0.25, 0.3) is 22.7 Å². The fourth-order valence-corrected chi connectivity index (χ4v) is 3.29. The van der Waals surface area contributed by atoms with Gasteiger partial charge in [0.25, 0.3) is 0 Å². The van der Waals surface area contributed by atoms with E-state index in [0.29, 0.717) is 0 Å². The van der Waals surface area contributed by atoms with E-state index in [1.165, 1.54) is 22.3 Å². The smallest absolute Gasteiger partial charge is 0.119 e. The number of methoxy groups -OCH3 is 1. The molecule has 134 valence electrons. The molecule has 1 aromatic heterocycles. The van der Waals surface area contributed by atoms with Crippen LogP contribution in [0.2, 0.25) is 0 Å². The van der Waals surface area contributed by atoms with E-state index in [1.807, 2.05) is 6.07 Å². The van der Waals surface area contributed by atoms with E-state index < -0.39 is 0 Å². The van der Waals surface area contributed by atoms with Gasteiger partial charge >= 0.3 is 0 Å². The highest BCUT2D eigenvalue weighted by Gasteiger charge is 2.09. The molecule has 0 atom stereocenters. The SMILES string of the molecule is COc1ccc2c(ccn2/C(=C\c2ccc(C)cc2)c2ccc(C)cc2)c1. The first kappa shape index (κ1) is 17.2. The molecule has 0 fully saturated rings. The standard InChI is InChI=1S/C25H23NO/c1-18-4-8-20(9-5-18)16-25(21-10-6-19(2)7-11-21)26-15-14-22-17-23(27-3)12-13-24(22)26/h4-17H,1-3H3/b25-16-. The zero-order valence-electron chi connectivity index (χ0n) is 15.9. The molecular formula is C25H23NO. The van der Waals surface area contributed by atoms with Crippen LogP contribution in [0.4, 0.5) is 0 Å². The van der Waals surface area contributed by atoms with Crippen molar-refractivity contribution in [2.45, 2.75) is 13.8 Å². The summed E-state index contributed by atoms with van der Waals surface area (Å²) < 4.78 is 7.62. The maximum absolute atomic E-state index is 5.37. The van der Waals surface area contributed by atoms with Crippen molar-refractivity contribution in [1.29, 1.82) is 0 Å². The molecule has 0 saturated carbocycles. The summed E-state index contributed by atoms with van der Waals surface area (Å²) in [6.45, 7) is 4.23. The molecule has 3 aromatic carbocycles. The minimum atomic E-state index is 0.875. The van der Waals surface area contributed by atoms with Crippen molar-refractivity contribution in [3.8, 4) is 5.75 Å². The number of nitrogens with zero attached hydrogens (tertiary/aromatic N) is 1. The maximum Gasteiger partial charge on any atom is 0.119 e. The van der Waals surface area contributed by atoms with Crippen molar-refractivity contribution in [3.05, 3.63) is 101 Å². The van der Waals surface area contributed by atoms with Gasteiger partial charge in [-0.2, -0.15) is 0 Å². The maximum atomic E-state index is 5.37. The van der Waals surface area contributed by atoms with Crippen LogP contribution in [-0.4, -0.2) is 11.7 Å². The summed E-state index contributed by atoms with van der Waals surface area (Å²) >= 11 is 0. The lowest BCUT2D eigenvalue weighted by Gasteiger charge is -2.13. The second kappa shape index (κ2) is 7.16. The van der Waals surface area contributed by atoms with Crippen molar-refractivity contribution in [2.75, 3.05) is 7.11 Å². The predicted octanol–water partition coefficient (Wildman–Crippen LogP) is 6.31. The quantitative estimate of drug-likeness (QED) is 0.392. The number of benzene rings is 3. The number of aromatic nitrogens is 1. The van der Waals surface area contributed by atoms with Crippen LogP contribution in [0.1, 0.15) is 22.3 Å². The van der Waals surface area contributed by atoms with Crippen molar-refractivity contribution in [2.24, 2.45) is 0 Å². The number of rotatable bonds is 4. The van der Waals surface area contributed by atoms with E-state index in [2.05, 4.69) is 97.4 Å². The number of ether oxygens (including phenoxy) is 1. The monoisotopic (exact) mass is 353 g/mol. The third-order valence-corrected chi connectivity index (χ3v) is 4.89. The summed E-state index contributed by atoms with van der Waals surface area (Å²) in [4.78, 5) is 0. The topological polar surface area (TPSA) is 14.2 Å². The number of hydrogen-bond acceptors (Lipinski definition) is 1. The average molecular weight is 353 g/mol. The van der Waals surface area contributed by atoms with Crippen molar-refractivity contribution in [1.82, 2.24) is 4.57 Å². The average Bonchev–Trinajstić information content (AvgIpc) is 3.11. The van der Waals surface area contributed by atoms with Crippen molar-refractivity contribution in [3.63, 3.8) is 0 Å². The number of hydrogen-bond donors (Lipinski definition) is 0. The number of fused-ring (bicyclic) bond motifs is 1. The van der Waals surface area contributed by atoms with E-state index in [0.717, 1.165) is 22.3 Å². The molecule has 0 bridgehead atoms. The molecule has 0 aliphatic rings. The Labute approximate surface area is 160 Å². The molecule has 2 nitrogen and oxygen atoms in total. The molecule has 0 aliphatic carbocycles. The Hall–Kier alpha value is -3.26. The van der Waals surface area contributed by atoms with Crippen LogP contribution in [-0.2, 0) is 0 Å². The number of aryl methyl sites for hydroxylation is 2. The molecule has 2 heteroatoms. The molecule has 0 N–H and O–H groups in total. The van der Waals surface area contributed by atoms with E-state index >= 15 is 0 Å². The molecule has 0 aliphatic heterocycles. The zero-order valence-corrected chi connectivity index (χ0v) is 15.9. The zero-order chi connectivity index (χ0) is 18.8. The van der Waals surface area contributed by atoms with Gasteiger partial charge in [0.2, 0.25) is 0 Å². The van der Waals surface area contributed by atoms with Gasteiger partial charge in [-0.05, 0) is 55.3 Å². The highest BCUT2D eigenvalue weighted by Crippen LogP contribution is 2.29. The Morgan fingerprint density at radius 3 is 2.15 bits per heavy atom. The van der Waals surface area contributed by atoms with Gasteiger partial charge in [0.05, 0.1) is 18.3 Å². The molecule has 27 heavy (non-hydrogen) atoms. The highest BCUT2D eigenvalue weighted by molar-refractivity contribution is 5.91.